The van der Waals surface area contributed by atoms with Gasteiger partial charge in [-0.3, -0.25) is 14.5 Å². The number of carbonyl (C=O) groups is 1. The molecule has 0 spiro atoms. The normalized spacial score (nSPS) is 16.1. The minimum atomic E-state index is -0.0411. The Bertz CT molecular complexity index is 1330. The van der Waals surface area contributed by atoms with Crippen LogP contribution in [0.15, 0.2) is 30.6 Å². The summed E-state index contributed by atoms with van der Waals surface area (Å²) in [5, 5.41) is 17.2. The molecule has 0 aliphatic carbocycles. The van der Waals surface area contributed by atoms with E-state index < -0.39 is 0 Å². The number of hydrogen-bond donors (Lipinski definition) is 1. The molecule has 0 saturated carbocycles. The highest BCUT2D eigenvalue weighted by molar-refractivity contribution is 6.07. The third-order valence-corrected chi connectivity index (χ3v) is 6.16. The first-order valence-electron chi connectivity index (χ1n) is 11.0. The molecule has 1 aromatic carbocycles. The van der Waals surface area contributed by atoms with E-state index in [1.807, 2.05) is 39.4 Å². The van der Waals surface area contributed by atoms with Gasteiger partial charge in [-0.25, -0.2) is 0 Å². The van der Waals surface area contributed by atoms with Crippen LogP contribution in [0.4, 0.5) is 0 Å². The second-order valence-corrected chi connectivity index (χ2v) is 8.78. The summed E-state index contributed by atoms with van der Waals surface area (Å²) < 4.78 is 3.92. The zero-order valence-electron chi connectivity index (χ0n) is 18.9. The molecular weight excluding hydrogens is 402 g/mol. The summed E-state index contributed by atoms with van der Waals surface area (Å²) in [4.78, 5) is 18.0. The third-order valence-electron chi connectivity index (χ3n) is 6.16. The number of fused-ring (bicyclic) bond motifs is 2. The Morgan fingerprint density at radius 3 is 2.75 bits per heavy atom. The van der Waals surface area contributed by atoms with Crippen LogP contribution in [0.5, 0.6) is 0 Å². The first-order chi connectivity index (χ1) is 15.4. The number of nitrogens with zero attached hydrogens (tertiary/aromatic N) is 6. The van der Waals surface area contributed by atoms with Crippen LogP contribution in [0.25, 0.3) is 22.3 Å². The molecule has 32 heavy (non-hydrogen) atoms. The van der Waals surface area contributed by atoms with Crippen LogP contribution in [-0.4, -0.2) is 41.5 Å². The van der Waals surface area contributed by atoms with Gasteiger partial charge < -0.3 is 9.88 Å². The van der Waals surface area contributed by atoms with E-state index in [9.17, 15) is 4.79 Å². The minimum Gasteiger partial charge on any atom is -0.349 e. The van der Waals surface area contributed by atoms with Crippen LogP contribution < -0.4 is 5.32 Å². The highest BCUT2D eigenvalue weighted by atomic mass is 16.1. The number of benzene rings is 1. The average molecular weight is 430 g/mol. The van der Waals surface area contributed by atoms with Crippen molar-refractivity contribution in [3.05, 3.63) is 58.8 Å². The lowest BCUT2D eigenvalue weighted by Crippen LogP contribution is -2.35. The Balaban J connectivity index is 1.38. The van der Waals surface area contributed by atoms with E-state index in [0.29, 0.717) is 5.56 Å². The van der Waals surface area contributed by atoms with Crippen LogP contribution in [0.3, 0.4) is 0 Å². The second-order valence-electron chi connectivity index (χ2n) is 8.78. The fraction of sp³-hybridized carbons (Fsp3) is 0.375. The van der Waals surface area contributed by atoms with Crippen LogP contribution in [0.1, 0.15) is 45.8 Å². The number of nitrogens with one attached hydrogen (secondary N) is 1. The van der Waals surface area contributed by atoms with Crippen molar-refractivity contribution in [3.63, 3.8) is 0 Å². The van der Waals surface area contributed by atoms with Gasteiger partial charge in [0.1, 0.15) is 5.82 Å². The molecule has 4 heterocycles. The molecule has 8 nitrogen and oxygen atoms in total. The van der Waals surface area contributed by atoms with Crippen molar-refractivity contribution in [3.8, 4) is 11.4 Å². The van der Waals surface area contributed by atoms with Crippen molar-refractivity contribution in [2.24, 2.45) is 7.05 Å². The zero-order chi connectivity index (χ0) is 22.4. The Morgan fingerprint density at radius 1 is 1.12 bits per heavy atom. The van der Waals surface area contributed by atoms with E-state index >= 15 is 0 Å². The van der Waals surface area contributed by atoms with Crippen molar-refractivity contribution in [2.45, 2.75) is 52.6 Å². The molecule has 1 unspecified atom stereocenters. The zero-order valence-corrected chi connectivity index (χ0v) is 18.9. The molecule has 1 aliphatic heterocycles. The predicted octanol–water partition coefficient (Wildman–Crippen LogP) is 3.29. The van der Waals surface area contributed by atoms with Crippen molar-refractivity contribution >= 4 is 16.8 Å². The summed E-state index contributed by atoms with van der Waals surface area (Å²) in [7, 11) is 1.89. The van der Waals surface area contributed by atoms with Gasteiger partial charge in [0.25, 0.3) is 5.91 Å². The summed E-state index contributed by atoms with van der Waals surface area (Å²) in [5.74, 6) is 1.75. The monoisotopic (exact) mass is 429 g/mol. The Morgan fingerprint density at radius 2 is 1.97 bits per heavy atom. The smallest absolute Gasteiger partial charge is 0.252 e. The maximum absolute atomic E-state index is 13.3. The average Bonchev–Trinajstić information content (AvgIpc) is 3.30. The van der Waals surface area contributed by atoms with Crippen molar-refractivity contribution in [1.29, 1.82) is 0 Å². The van der Waals surface area contributed by atoms with E-state index in [4.69, 9.17) is 0 Å². The van der Waals surface area contributed by atoms with Gasteiger partial charge in [0.15, 0.2) is 5.82 Å². The number of carbonyl (C=O) groups excluding carboxylic acids is 1. The first kappa shape index (κ1) is 20.4. The number of rotatable bonds is 3. The molecule has 1 amide bonds. The highest BCUT2D eigenvalue weighted by Crippen LogP contribution is 2.25. The molecule has 3 aromatic heterocycles. The molecule has 0 fully saturated rings. The van der Waals surface area contributed by atoms with Gasteiger partial charge in [0, 0.05) is 43.3 Å². The molecule has 0 bridgehead atoms. The van der Waals surface area contributed by atoms with Gasteiger partial charge in [0.2, 0.25) is 0 Å². The molecular formula is C24H27N7O. The Hall–Kier alpha value is -3.55. The van der Waals surface area contributed by atoms with Crippen LogP contribution in [0.2, 0.25) is 0 Å². The maximum atomic E-state index is 13.3. The third kappa shape index (κ3) is 3.66. The number of amides is 1. The molecule has 4 aromatic rings. The molecule has 1 aliphatic rings. The molecule has 5 rings (SSSR count). The quantitative estimate of drug-likeness (QED) is 0.540. The lowest BCUT2D eigenvalue weighted by atomic mass is 10.0. The van der Waals surface area contributed by atoms with E-state index in [2.05, 4.69) is 49.2 Å². The van der Waals surface area contributed by atoms with Crippen molar-refractivity contribution in [1.82, 2.24) is 34.8 Å². The fourth-order valence-corrected chi connectivity index (χ4v) is 4.64. The Labute approximate surface area is 186 Å². The summed E-state index contributed by atoms with van der Waals surface area (Å²) >= 11 is 0. The number of aryl methyl sites for hydroxylation is 5. The Kier molecular flexibility index (Phi) is 5.00. The van der Waals surface area contributed by atoms with Crippen LogP contribution in [0, 0.1) is 20.8 Å². The van der Waals surface area contributed by atoms with Crippen molar-refractivity contribution in [2.75, 3.05) is 0 Å². The lowest BCUT2D eigenvalue weighted by Gasteiger charge is -2.18. The van der Waals surface area contributed by atoms with Gasteiger partial charge in [-0.2, -0.15) is 5.10 Å². The maximum Gasteiger partial charge on any atom is 0.252 e. The van der Waals surface area contributed by atoms with Gasteiger partial charge >= 0.3 is 0 Å². The highest BCUT2D eigenvalue weighted by Gasteiger charge is 2.24. The summed E-state index contributed by atoms with van der Waals surface area (Å²) in [6.45, 7) is 6.79. The standard InChI is InChI=1S/C24H27N7O/c1-14-9-15(2)22-19(10-14)20(11-16(3)26-22)24(32)27-18-5-6-21-28-29-23(31(21)8-7-18)17-12-25-30(4)13-17/h9-13,18H,5-8H2,1-4H3,(H,27,32). The van der Waals surface area contributed by atoms with E-state index in [0.717, 1.165) is 70.7 Å². The minimum absolute atomic E-state index is 0.0411. The van der Waals surface area contributed by atoms with Crippen LogP contribution in [-0.2, 0) is 20.0 Å². The summed E-state index contributed by atoms with van der Waals surface area (Å²) in [6, 6.07) is 6.12. The van der Waals surface area contributed by atoms with E-state index in [-0.39, 0.29) is 11.9 Å². The van der Waals surface area contributed by atoms with Gasteiger partial charge in [0.05, 0.1) is 22.8 Å². The van der Waals surface area contributed by atoms with Gasteiger partial charge in [-0.15, -0.1) is 10.2 Å². The topological polar surface area (TPSA) is 90.5 Å². The molecule has 8 heteroatoms. The second kappa shape index (κ2) is 7.85. The van der Waals surface area contributed by atoms with Gasteiger partial charge in [-0.1, -0.05) is 11.6 Å². The molecule has 1 N–H and O–H groups in total. The number of aromatic nitrogens is 6. The van der Waals surface area contributed by atoms with Crippen LogP contribution >= 0.6 is 0 Å². The molecule has 0 saturated heterocycles. The lowest BCUT2D eigenvalue weighted by molar-refractivity contribution is 0.0934. The number of hydrogen-bond acceptors (Lipinski definition) is 5. The number of pyridine rings is 1. The largest absolute Gasteiger partial charge is 0.349 e. The van der Waals surface area contributed by atoms with E-state index in [1.54, 1.807) is 4.68 Å². The SMILES string of the molecule is Cc1cc(C)c2nc(C)cc(C(=O)NC3CCc4nnc(-c5cnn(C)c5)n4CC3)c2c1. The molecule has 1 atom stereocenters. The van der Waals surface area contributed by atoms with E-state index in [1.165, 1.54) is 0 Å². The first-order valence-corrected chi connectivity index (χ1v) is 11.0. The van der Waals surface area contributed by atoms with Crippen molar-refractivity contribution < 1.29 is 4.79 Å². The fourth-order valence-electron chi connectivity index (χ4n) is 4.64. The predicted molar refractivity (Wildman–Crippen MR) is 122 cm³/mol. The molecule has 0 radical (unpaired) electrons. The molecule has 164 valence electrons. The summed E-state index contributed by atoms with van der Waals surface area (Å²) in [5.41, 5.74) is 5.62. The summed E-state index contributed by atoms with van der Waals surface area (Å²) in [6.07, 6.45) is 6.18. The van der Waals surface area contributed by atoms with Gasteiger partial charge in [-0.05, 0) is 51.3 Å².